The fourth-order valence-electron chi connectivity index (χ4n) is 1.92. The van der Waals surface area contributed by atoms with Gasteiger partial charge in [-0.25, -0.2) is 4.98 Å². The molecule has 0 radical (unpaired) electrons. The lowest BCUT2D eigenvalue weighted by Crippen LogP contribution is -2.13. The molecular formula is C15H17N3OS. The molecule has 0 aliphatic heterocycles. The molecule has 1 aromatic carbocycles. The number of hydrogen-bond acceptors (Lipinski definition) is 4. The first-order valence-corrected chi connectivity index (χ1v) is 7.03. The Labute approximate surface area is 122 Å². The lowest BCUT2D eigenvalue weighted by atomic mass is 10.2. The number of nitrogens with two attached hydrogens (primary N) is 1. The SMILES string of the molecule is Cc1ccc(Sc2cc(/C(N)=N/O)cc(C)n2)c(C)c1. The predicted octanol–water partition coefficient (Wildman–Crippen LogP) is 3.25. The Hall–Kier alpha value is -2.01. The van der Waals surface area contributed by atoms with E-state index in [0.29, 0.717) is 5.56 Å². The molecule has 4 nitrogen and oxygen atoms in total. The number of aromatic nitrogens is 1. The highest BCUT2D eigenvalue weighted by atomic mass is 32.2. The highest BCUT2D eigenvalue weighted by Crippen LogP contribution is 2.30. The van der Waals surface area contributed by atoms with E-state index in [9.17, 15) is 0 Å². The number of rotatable bonds is 3. The van der Waals surface area contributed by atoms with Gasteiger partial charge < -0.3 is 10.9 Å². The first-order chi connectivity index (χ1) is 9.49. The van der Waals surface area contributed by atoms with Crippen LogP contribution in [0.2, 0.25) is 0 Å². The van der Waals surface area contributed by atoms with Gasteiger partial charge in [-0.15, -0.1) is 0 Å². The maximum Gasteiger partial charge on any atom is 0.170 e. The summed E-state index contributed by atoms with van der Waals surface area (Å²) in [5.41, 5.74) is 9.60. The highest BCUT2D eigenvalue weighted by Gasteiger charge is 2.07. The molecule has 20 heavy (non-hydrogen) atoms. The smallest absolute Gasteiger partial charge is 0.170 e. The van der Waals surface area contributed by atoms with E-state index in [1.807, 2.05) is 13.0 Å². The molecule has 2 aromatic rings. The number of amidine groups is 1. The Morgan fingerprint density at radius 2 is 1.95 bits per heavy atom. The molecular weight excluding hydrogens is 270 g/mol. The number of aryl methyl sites for hydroxylation is 3. The first-order valence-electron chi connectivity index (χ1n) is 6.21. The van der Waals surface area contributed by atoms with Gasteiger partial charge in [-0.3, -0.25) is 0 Å². The minimum atomic E-state index is 0.0954. The van der Waals surface area contributed by atoms with Gasteiger partial charge in [-0.2, -0.15) is 0 Å². The predicted molar refractivity (Wildman–Crippen MR) is 81.5 cm³/mol. The van der Waals surface area contributed by atoms with Gasteiger partial charge in [0.2, 0.25) is 0 Å². The van der Waals surface area contributed by atoms with Gasteiger partial charge in [-0.1, -0.05) is 34.6 Å². The molecule has 5 heteroatoms. The molecule has 2 rings (SSSR count). The number of hydrogen-bond donors (Lipinski definition) is 2. The summed E-state index contributed by atoms with van der Waals surface area (Å²) in [5, 5.41) is 12.6. The van der Waals surface area contributed by atoms with E-state index in [-0.39, 0.29) is 5.84 Å². The van der Waals surface area contributed by atoms with Crippen molar-refractivity contribution >= 4 is 17.6 Å². The van der Waals surface area contributed by atoms with E-state index < -0.39 is 0 Å². The summed E-state index contributed by atoms with van der Waals surface area (Å²) in [6.45, 7) is 6.04. The second-order valence-electron chi connectivity index (χ2n) is 4.69. The molecule has 0 amide bonds. The van der Waals surface area contributed by atoms with Gasteiger partial charge in [0, 0.05) is 16.2 Å². The molecule has 104 valence electrons. The maximum absolute atomic E-state index is 8.77. The Bertz CT molecular complexity index is 668. The quantitative estimate of drug-likeness (QED) is 0.393. The van der Waals surface area contributed by atoms with Crippen LogP contribution in [0, 0.1) is 20.8 Å². The Kier molecular flexibility index (Phi) is 4.29. The third-order valence-corrected chi connectivity index (χ3v) is 3.97. The molecule has 3 N–H and O–H groups in total. The van der Waals surface area contributed by atoms with Gasteiger partial charge >= 0.3 is 0 Å². The molecule has 0 fully saturated rings. The normalized spacial score (nSPS) is 11.7. The van der Waals surface area contributed by atoms with Crippen LogP contribution in [0.4, 0.5) is 0 Å². The van der Waals surface area contributed by atoms with Crippen LogP contribution < -0.4 is 5.73 Å². The Morgan fingerprint density at radius 3 is 2.60 bits per heavy atom. The average molecular weight is 287 g/mol. The summed E-state index contributed by atoms with van der Waals surface area (Å²) in [6.07, 6.45) is 0. The van der Waals surface area contributed by atoms with Crippen LogP contribution in [0.1, 0.15) is 22.4 Å². The first kappa shape index (κ1) is 14.4. The second kappa shape index (κ2) is 5.96. The fraction of sp³-hybridized carbons (Fsp3) is 0.200. The van der Waals surface area contributed by atoms with Crippen LogP contribution in [0.5, 0.6) is 0 Å². The molecule has 0 aliphatic carbocycles. The molecule has 1 heterocycles. The van der Waals surface area contributed by atoms with Crippen molar-refractivity contribution in [2.45, 2.75) is 30.7 Å². The molecule has 1 aromatic heterocycles. The summed E-state index contributed by atoms with van der Waals surface area (Å²) in [6, 6.07) is 9.92. The fourth-order valence-corrected chi connectivity index (χ4v) is 2.88. The van der Waals surface area contributed by atoms with E-state index >= 15 is 0 Å². The minimum Gasteiger partial charge on any atom is -0.409 e. The zero-order chi connectivity index (χ0) is 14.7. The third kappa shape index (κ3) is 3.30. The van der Waals surface area contributed by atoms with E-state index in [1.165, 1.54) is 11.1 Å². The van der Waals surface area contributed by atoms with E-state index in [4.69, 9.17) is 10.9 Å². The van der Waals surface area contributed by atoms with Crippen molar-refractivity contribution in [3.05, 3.63) is 52.7 Å². The third-order valence-electron chi connectivity index (χ3n) is 2.88. The molecule has 0 aliphatic rings. The molecule has 0 saturated heterocycles. The summed E-state index contributed by atoms with van der Waals surface area (Å²) in [4.78, 5) is 5.63. The highest BCUT2D eigenvalue weighted by molar-refractivity contribution is 7.99. The van der Waals surface area contributed by atoms with Crippen LogP contribution in [-0.4, -0.2) is 16.0 Å². The zero-order valence-corrected chi connectivity index (χ0v) is 12.5. The Morgan fingerprint density at radius 1 is 1.20 bits per heavy atom. The van der Waals surface area contributed by atoms with E-state index in [2.05, 4.69) is 42.2 Å². The van der Waals surface area contributed by atoms with Crippen LogP contribution in [-0.2, 0) is 0 Å². The lowest BCUT2D eigenvalue weighted by molar-refractivity contribution is 0.318. The van der Waals surface area contributed by atoms with Gasteiger partial charge in [0.05, 0.1) is 0 Å². The monoisotopic (exact) mass is 287 g/mol. The molecule has 0 bridgehead atoms. The summed E-state index contributed by atoms with van der Waals surface area (Å²) >= 11 is 1.58. The van der Waals surface area contributed by atoms with Gasteiger partial charge in [0.1, 0.15) is 5.03 Å². The Balaban J connectivity index is 2.36. The van der Waals surface area contributed by atoms with Crippen molar-refractivity contribution in [1.29, 1.82) is 0 Å². The van der Waals surface area contributed by atoms with E-state index in [0.717, 1.165) is 15.6 Å². The molecule has 0 saturated carbocycles. The van der Waals surface area contributed by atoms with Crippen molar-refractivity contribution < 1.29 is 5.21 Å². The summed E-state index contributed by atoms with van der Waals surface area (Å²) < 4.78 is 0. The van der Waals surface area contributed by atoms with Crippen molar-refractivity contribution in [3.63, 3.8) is 0 Å². The van der Waals surface area contributed by atoms with Gasteiger partial charge in [0.25, 0.3) is 0 Å². The number of nitrogens with zero attached hydrogens (tertiary/aromatic N) is 2. The van der Waals surface area contributed by atoms with Crippen molar-refractivity contribution in [2.75, 3.05) is 0 Å². The van der Waals surface area contributed by atoms with Crippen LogP contribution in [0.3, 0.4) is 0 Å². The largest absolute Gasteiger partial charge is 0.409 e. The molecule has 0 unspecified atom stereocenters. The van der Waals surface area contributed by atoms with Crippen molar-refractivity contribution in [1.82, 2.24) is 4.98 Å². The van der Waals surface area contributed by atoms with Crippen LogP contribution in [0.25, 0.3) is 0 Å². The topological polar surface area (TPSA) is 71.5 Å². The number of benzene rings is 1. The minimum absolute atomic E-state index is 0.0954. The molecule has 0 atom stereocenters. The van der Waals surface area contributed by atoms with E-state index in [1.54, 1.807) is 17.8 Å². The zero-order valence-electron chi connectivity index (χ0n) is 11.7. The lowest BCUT2D eigenvalue weighted by Gasteiger charge is -2.08. The second-order valence-corrected chi connectivity index (χ2v) is 5.75. The summed E-state index contributed by atoms with van der Waals surface area (Å²) in [5.74, 6) is 0.0954. The van der Waals surface area contributed by atoms with Crippen LogP contribution >= 0.6 is 11.8 Å². The van der Waals surface area contributed by atoms with Crippen molar-refractivity contribution in [3.8, 4) is 0 Å². The molecule has 0 spiro atoms. The van der Waals surface area contributed by atoms with Crippen molar-refractivity contribution in [2.24, 2.45) is 10.9 Å². The van der Waals surface area contributed by atoms with Gasteiger partial charge in [-0.05, 0) is 44.5 Å². The number of oxime groups is 1. The average Bonchev–Trinajstić information content (AvgIpc) is 2.40. The standard InChI is InChI=1S/C15H17N3OS/c1-9-4-5-13(10(2)6-9)20-14-8-12(15(16)18-19)7-11(3)17-14/h4-8,19H,1-3H3,(H2,16,18). The number of pyridine rings is 1. The van der Waals surface area contributed by atoms with Gasteiger partial charge in [0.15, 0.2) is 5.84 Å². The maximum atomic E-state index is 8.77. The van der Waals surface area contributed by atoms with Crippen LogP contribution in [0.15, 0.2) is 45.4 Å². The summed E-state index contributed by atoms with van der Waals surface area (Å²) in [7, 11) is 0.